The molecule has 0 nitrogen and oxygen atoms in total. The Morgan fingerprint density at radius 1 is 0.594 bits per heavy atom. The highest BCUT2D eigenvalue weighted by atomic mass is 127. The zero-order valence-corrected chi connectivity index (χ0v) is 22.6. The van der Waals surface area contributed by atoms with Gasteiger partial charge in [-0.25, -0.2) is 0 Å². The van der Waals surface area contributed by atoms with Crippen LogP contribution in [-0.4, -0.2) is 0 Å². The van der Waals surface area contributed by atoms with Crippen LogP contribution in [0.4, 0.5) is 0 Å². The predicted molar refractivity (Wildman–Crippen MR) is 157 cm³/mol. The molecule has 7 rings (SSSR count). The summed E-state index contributed by atoms with van der Waals surface area (Å²) in [6.07, 6.45) is 2.22. The van der Waals surface area contributed by atoms with Gasteiger partial charge < -0.3 is 0 Å². The van der Waals surface area contributed by atoms with E-state index in [9.17, 15) is 0 Å². The molecule has 0 fully saturated rings. The fourth-order valence-corrected chi connectivity index (χ4v) is 10.3. The minimum atomic E-state index is 1.11. The van der Waals surface area contributed by atoms with Gasteiger partial charge in [0.25, 0.3) is 0 Å². The Balaban J connectivity index is 1.30. The molecule has 7 aromatic rings. The molecule has 0 bridgehead atoms. The van der Waals surface area contributed by atoms with Gasteiger partial charge in [-0.3, -0.25) is 0 Å². The Hall–Kier alpha value is -1.51. The Morgan fingerprint density at radius 2 is 1.19 bits per heavy atom. The highest BCUT2D eigenvalue weighted by Crippen LogP contribution is 2.44. The Morgan fingerprint density at radius 3 is 1.97 bits per heavy atom. The van der Waals surface area contributed by atoms with E-state index in [0.717, 1.165) is 12.8 Å². The van der Waals surface area contributed by atoms with Crippen molar-refractivity contribution in [1.29, 1.82) is 0 Å². The van der Waals surface area contributed by atoms with Gasteiger partial charge in [0.05, 0.1) is 21.7 Å². The van der Waals surface area contributed by atoms with Crippen LogP contribution in [0.2, 0.25) is 0 Å². The summed E-state index contributed by atoms with van der Waals surface area (Å²) in [5, 5.41) is 8.42. The van der Waals surface area contributed by atoms with Crippen LogP contribution in [0.5, 0.6) is 0 Å². The number of hydrogen-bond donors (Lipinski definition) is 0. The zero-order chi connectivity index (χ0) is 21.4. The summed E-state index contributed by atoms with van der Waals surface area (Å²) in [5.41, 5.74) is 0. The molecule has 0 radical (unpaired) electrons. The van der Waals surface area contributed by atoms with E-state index >= 15 is 0 Å². The quantitative estimate of drug-likeness (QED) is 0.178. The van der Waals surface area contributed by atoms with Crippen molar-refractivity contribution in [2.24, 2.45) is 0 Å². The molecule has 0 aliphatic heterocycles. The molecule has 0 spiro atoms. The summed E-state index contributed by atoms with van der Waals surface area (Å²) < 4.78 is 7.21. The Labute approximate surface area is 215 Å². The van der Waals surface area contributed by atoms with Gasteiger partial charge in [0.2, 0.25) is 0 Å². The number of thiophene rings is 4. The van der Waals surface area contributed by atoms with Crippen molar-refractivity contribution in [3.63, 3.8) is 0 Å². The SMILES string of the molecule is Cc1cc2c3ccccc3c3cc(CCc4cc5ccc6cc(I)sc6c5s4)sc3c2s1. The maximum atomic E-state index is 2.46. The van der Waals surface area contributed by atoms with Crippen LogP contribution in [0.3, 0.4) is 0 Å². The molecular weight excluding hydrogens is 579 g/mol. The normalized spacial score (nSPS) is 12.3. The molecule has 32 heavy (non-hydrogen) atoms. The van der Waals surface area contributed by atoms with Crippen LogP contribution < -0.4 is 0 Å². The van der Waals surface area contributed by atoms with Gasteiger partial charge in [-0.05, 0) is 88.2 Å². The van der Waals surface area contributed by atoms with Gasteiger partial charge in [-0.2, -0.15) is 0 Å². The topological polar surface area (TPSA) is 0 Å². The summed E-state index contributed by atoms with van der Waals surface area (Å²) in [5.74, 6) is 0. The second-order valence-electron chi connectivity index (χ2n) is 8.27. The number of hydrogen-bond acceptors (Lipinski definition) is 4. The van der Waals surface area contributed by atoms with Gasteiger partial charge in [0.1, 0.15) is 0 Å². The Bertz CT molecular complexity index is 1810. The summed E-state index contributed by atoms with van der Waals surface area (Å²) in [6, 6.07) is 23.0. The third-order valence-corrected chi connectivity index (χ3v) is 11.9. The molecule has 4 heterocycles. The van der Waals surface area contributed by atoms with E-state index in [4.69, 9.17) is 0 Å². The van der Waals surface area contributed by atoms with Crippen LogP contribution in [0.1, 0.15) is 14.6 Å². The lowest BCUT2D eigenvalue weighted by atomic mass is 10.0. The lowest BCUT2D eigenvalue weighted by molar-refractivity contribution is 1.01. The molecule has 0 aliphatic carbocycles. The van der Waals surface area contributed by atoms with E-state index in [2.05, 4.69) is 90.2 Å². The molecule has 0 saturated carbocycles. The summed E-state index contributed by atoms with van der Waals surface area (Å²) >= 11 is 10.3. The molecule has 0 N–H and O–H groups in total. The second kappa shape index (κ2) is 7.50. The van der Waals surface area contributed by atoms with E-state index in [0.29, 0.717) is 0 Å². The smallest absolute Gasteiger partial charge is 0.0666 e. The number of halogens is 1. The first kappa shape index (κ1) is 19.9. The first-order valence-corrected chi connectivity index (χ1v) is 14.9. The molecule has 5 heteroatoms. The van der Waals surface area contributed by atoms with E-state index in [-0.39, 0.29) is 0 Å². The van der Waals surface area contributed by atoms with Gasteiger partial charge >= 0.3 is 0 Å². The van der Waals surface area contributed by atoms with Crippen LogP contribution in [0.15, 0.2) is 60.7 Å². The average molecular weight is 597 g/mol. The predicted octanol–water partition coefficient (Wildman–Crippen LogP) is 10.4. The second-order valence-corrected chi connectivity index (χ2v) is 14.7. The third kappa shape index (κ3) is 3.09. The van der Waals surface area contributed by atoms with Crippen LogP contribution >= 0.6 is 67.9 Å². The highest BCUT2D eigenvalue weighted by Gasteiger charge is 2.15. The molecule has 0 aliphatic rings. The zero-order valence-electron chi connectivity index (χ0n) is 17.2. The van der Waals surface area contributed by atoms with Crippen molar-refractivity contribution in [2.75, 3.05) is 0 Å². The standard InChI is InChI=1S/C27H17IS4/c1-14-10-21-19-4-2-3-5-20(19)22-13-18(31-27(22)26(21)29-14)9-8-17-11-15-6-7-16-12-23(28)32-25(16)24(15)30-17/h2-7,10-13H,8-9H2,1H3. The average Bonchev–Trinajstić information content (AvgIpc) is 3.54. The number of rotatable bonds is 3. The lowest BCUT2D eigenvalue weighted by Gasteiger charge is -2.02. The molecule has 0 saturated heterocycles. The fraction of sp³-hybridized carbons (Fsp3) is 0.111. The maximum Gasteiger partial charge on any atom is 0.0666 e. The van der Waals surface area contributed by atoms with Gasteiger partial charge in [-0.15, -0.1) is 45.3 Å². The van der Waals surface area contributed by atoms with Crippen molar-refractivity contribution < 1.29 is 0 Å². The lowest BCUT2D eigenvalue weighted by Crippen LogP contribution is -1.83. The van der Waals surface area contributed by atoms with Crippen molar-refractivity contribution >= 4 is 119 Å². The number of aryl methyl sites for hydroxylation is 3. The maximum absolute atomic E-state index is 2.46. The minimum absolute atomic E-state index is 1.11. The summed E-state index contributed by atoms with van der Waals surface area (Å²) in [6.45, 7) is 2.23. The summed E-state index contributed by atoms with van der Waals surface area (Å²) in [4.78, 5) is 4.39. The molecule has 3 aromatic carbocycles. The summed E-state index contributed by atoms with van der Waals surface area (Å²) in [7, 11) is 0. The van der Waals surface area contributed by atoms with Crippen molar-refractivity contribution in [2.45, 2.75) is 19.8 Å². The Kier molecular flexibility index (Phi) is 4.67. The molecule has 0 atom stereocenters. The number of fused-ring (bicyclic) bond motifs is 9. The van der Waals surface area contributed by atoms with E-state index in [1.165, 1.54) is 68.6 Å². The van der Waals surface area contributed by atoms with Crippen molar-refractivity contribution in [3.05, 3.63) is 78.2 Å². The first-order valence-electron chi connectivity index (χ1n) is 10.6. The molecule has 4 aromatic heterocycles. The van der Waals surface area contributed by atoms with E-state index in [1.807, 2.05) is 45.3 Å². The van der Waals surface area contributed by atoms with Gasteiger partial charge in [0, 0.05) is 25.4 Å². The first-order chi connectivity index (χ1) is 15.6. The highest BCUT2D eigenvalue weighted by molar-refractivity contribution is 14.1. The van der Waals surface area contributed by atoms with Gasteiger partial charge in [0.15, 0.2) is 0 Å². The molecule has 0 amide bonds. The van der Waals surface area contributed by atoms with E-state index < -0.39 is 0 Å². The number of benzene rings is 3. The third-order valence-electron chi connectivity index (χ3n) is 6.16. The minimum Gasteiger partial charge on any atom is -0.139 e. The van der Waals surface area contributed by atoms with Crippen molar-refractivity contribution in [1.82, 2.24) is 0 Å². The van der Waals surface area contributed by atoms with Gasteiger partial charge in [-0.1, -0.05) is 36.4 Å². The van der Waals surface area contributed by atoms with Crippen LogP contribution in [-0.2, 0) is 12.8 Å². The fourth-order valence-electron chi connectivity index (χ4n) is 4.75. The monoisotopic (exact) mass is 596 g/mol. The van der Waals surface area contributed by atoms with Crippen LogP contribution in [0, 0.1) is 9.81 Å². The van der Waals surface area contributed by atoms with Crippen LogP contribution in [0.25, 0.3) is 51.1 Å². The molecule has 156 valence electrons. The molecular formula is C27H17IS4. The largest absolute Gasteiger partial charge is 0.139 e. The molecule has 0 unspecified atom stereocenters. The van der Waals surface area contributed by atoms with Crippen molar-refractivity contribution in [3.8, 4) is 0 Å². The van der Waals surface area contributed by atoms with E-state index in [1.54, 1.807) is 0 Å².